The molecule has 2 aromatic rings. The first-order chi connectivity index (χ1) is 6.36. The SMILES string of the molecule is Oc1cccc(-c2ccccc2)c1.[Ag]. The third kappa shape index (κ3) is 2.48. The normalized spacial score (nSPS) is 9.14. The van der Waals surface area contributed by atoms with Crippen LogP contribution in [-0.2, 0) is 22.4 Å². The molecule has 0 amide bonds. The van der Waals surface area contributed by atoms with Crippen molar-refractivity contribution in [2.24, 2.45) is 0 Å². The first-order valence-electron chi connectivity index (χ1n) is 4.21. The minimum Gasteiger partial charge on any atom is -0.508 e. The van der Waals surface area contributed by atoms with Gasteiger partial charge in [0.05, 0.1) is 0 Å². The first kappa shape index (κ1) is 11.1. The molecule has 0 unspecified atom stereocenters. The van der Waals surface area contributed by atoms with Crippen LogP contribution >= 0.6 is 0 Å². The molecule has 1 nitrogen and oxygen atoms in total. The Morgan fingerprint density at radius 2 is 1.36 bits per heavy atom. The topological polar surface area (TPSA) is 20.2 Å². The van der Waals surface area contributed by atoms with E-state index in [2.05, 4.69) is 0 Å². The van der Waals surface area contributed by atoms with Crippen LogP contribution in [0.5, 0.6) is 5.75 Å². The maximum Gasteiger partial charge on any atom is 0.116 e. The first-order valence-corrected chi connectivity index (χ1v) is 4.21. The maximum atomic E-state index is 9.27. The fraction of sp³-hybridized carbons (Fsp3) is 0. The number of phenols is 1. The minimum absolute atomic E-state index is 0. The van der Waals surface area contributed by atoms with Crippen molar-refractivity contribution in [3.63, 3.8) is 0 Å². The van der Waals surface area contributed by atoms with Crippen LogP contribution in [-0.4, -0.2) is 5.11 Å². The van der Waals surface area contributed by atoms with Gasteiger partial charge in [-0.1, -0.05) is 42.5 Å². The van der Waals surface area contributed by atoms with E-state index in [4.69, 9.17) is 0 Å². The summed E-state index contributed by atoms with van der Waals surface area (Å²) < 4.78 is 0. The number of phenolic OH excluding ortho intramolecular Hbond substituents is 1. The van der Waals surface area contributed by atoms with Crippen LogP contribution in [0.15, 0.2) is 54.6 Å². The van der Waals surface area contributed by atoms with Crippen molar-refractivity contribution in [3.05, 3.63) is 54.6 Å². The summed E-state index contributed by atoms with van der Waals surface area (Å²) >= 11 is 0. The van der Waals surface area contributed by atoms with Gasteiger partial charge in [-0.15, -0.1) is 0 Å². The number of hydrogen-bond donors (Lipinski definition) is 1. The molecule has 2 aromatic carbocycles. The second-order valence-corrected chi connectivity index (χ2v) is 2.92. The maximum absolute atomic E-state index is 9.27. The molecule has 1 radical (unpaired) electrons. The zero-order valence-corrected chi connectivity index (χ0v) is 8.93. The third-order valence-electron chi connectivity index (χ3n) is 1.95. The molecule has 0 fully saturated rings. The van der Waals surface area contributed by atoms with Gasteiger partial charge in [-0.05, 0) is 23.3 Å². The zero-order chi connectivity index (χ0) is 9.10. The quantitative estimate of drug-likeness (QED) is 0.795. The zero-order valence-electron chi connectivity index (χ0n) is 7.44. The molecular weight excluding hydrogens is 268 g/mol. The predicted molar refractivity (Wildman–Crippen MR) is 53.5 cm³/mol. The number of rotatable bonds is 1. The molecule has 0 aliphatic heterocycles. The summed E-state index contributed by atoms with van der Waals surface area (Å²) in [5.74, 6) is 0.307. The molecule has 1 N–H and O–H groups in total. The molecular formula is C12H10AgO. The Hall–Kier alpha value is -1.02. The summed E-state index contributed by atoms with van der Waals surface area (Å²) in [6, 6.07) is 17.3. The van der Waals surface area contributed by atoms with E-state index in [1.54, 1.807) is 12.1 Å². The molecule has 0 aliphatic carbocycles. The van der Waals surface area contributed by atoms with Crippen LogP contribution < -0.4 is 0 Å². The summed E-state index contributed by atoms with van der Waals surface area (Å²) in [6.45, 7) is 0. The van der Waals surface area contributed by atoms with E-state index >= 15 is 0 Å². The average molecular weight is 278 g/mol. The van der Waals surface area contributed by atoms with Crippen LogP contribution in [0.1, 0.15) is 0 Å². The molecule has 0 saturated heterocycles. The Labute approximate surface area is 98.9 Å². The molecule has 0 heterocycles. The van der Waals surface area contributed by atoms with Crippen molar-refractivity contribution < 1.29 is 27.5 Å². The van der Waals surface area contributed by atoms with Crippen LogP contribution in [0.25, 0.3) is 11.1 Å². The van der Waals surface area contributed by atoms with Gasteiger partial charge >= 0.3 is 0 Å². The van der Waals surface area contributed by atoms with Crippen molar-refractivity contribution in [3.8, 4) is 16.9 Å². The van der Waals surface area contributed by atoms with Crippen LogP contribution in [0.3, 0.4) is 0 Å². The molecule has 0 saturated carbocycles. The van der Waals surface area contributed by atoms with E-state index < -0.39 is 0 Å². The van der Waals surface area contributed by atoms with E-state index in [-0.39, 0.29) is 22.4 Å². The van der Waals surface area contributed by atoms with Crippen molar-refractivity contribution in [1.29, 1.82) is 0 Å². The van der Waals surface area contributed by atoms with E-state index in [1.807, 2.05) is 42.5 Å². The van der Waals surface area contributed by atoms with Gasteiger partial charge in [0.15, 0.2) is 0 Å². The Morgan fingerprint density at radius 3 is 2.00 bits per heavy atom. The fourth-order valence-corrected chi connectivity index (χ4v) is 1.32. The van der Waals surface area contributed by atoms with E-state index in [0.717, 1.165) is 11.1 Å². The summed E-state index contributed by atoms with van der Waals surface area (Å²) in [6.07, 6.45) is 0. The van der Waals surface area contributed by atoms with E-state index in [9.17, 15) is 5.11 Å². The summed E-state index contributed by atoms with van der Waals surface area (Å²) in [5, 5.41) is 9.27. The van der Waals surface area contributed by atoms with Gasteiger partial charge in [-0.2, -0.15) is 0 Å². The predicted octanol–water partition coefficient (Wildman–Crippen LogP) is 3.06. The Kier molecular flexibility index (Phi) is 3.96. The van der Waals surface area contributed by atoms with Gasteiger partial charge in [0.1, 0.15) is 5.75 Å². The Morgan fingerprint density at radius 1 is 0.714 bits per heavy atom. The second-order valence-electron chi connectivity index (χ2n) is 2.92. The second kappa shape index (κ2) is 5.01. The molecule has 2 heteroatoms. The smallest absolute Gasteiger partial charge is 0.116 e. The number of benzene rings is 2. The molecule has 2 rings (SSSR count). The molecule has 14 heavy (non-hydrogen) atoms. The van der Waals surface area contributed by atoms with E-state index in [1.165, 1.54) is 0 Å². The summed E-state index contributed by atoms with van der Waals surface area (Å²) in [5.41, 5.74) is 2.17. The van der Waals surface area contributed by atoms with Gasteiger partial charge in [-0.3, -0.25) is 0 Å². The standard InChI is InChI=1S/C12H10O.Ag/c13-12-8-4-7-11(9-12)10-5-2-1-3-6-10;/h1-9,13H;. The van der Waals surface area contributed by atoms with Gasteiger partial charge < -0.3 is 5.11 Å². The largest absolute Gasteiger partial charge is 0.508 e. The molecule has 0 aliphatic rings. The molecule has 0 spiro atoms. The minimum atomic E-state index is 0. The Bertz CT molecular complexity index is 398. The van der Waals surface area contributed by atoms with Gasteiger partial charge in [0.2, 0.25) is 0 Å². The van der Waals surface area contributed by atoms with Crippen LogP contribution in [0.2, 0.25) is 0 Å². The fourth-order valence-electron chi connectivity index (χ4n) is 1.32. The molecule has 0 aromatic heterocycles. The van der Waals surface area contributed by atoms with E-state index in [0.29, 0.717) is 5.75 Å². The Balaban J connectivity index is 0.000000980. The van der Waals surface area contributed by atoms with Gasteiger partial charge in [0, 0.05) is 22.4 Å². The summed E-state index contributed by atoms with van der Waals surface area (Å²) in [7, 11) is 0. The van der Waals surface area contributed by atoms with Crippen molar-refractivity contribution >= 4 is 0 Å². The van der Waals surface area contributed by atoms with Gasteiger partial charge in [0.25, 0.3) is 0 Å². The average Bonchev–Trinajstić information content (AvgIpc) is 2.19. The monoisotopic (exact) mass is 277 g/mol. The van der Waals surface area contributed by atoms with Crippen molar-refractivity contribution in [2.45, 2.75) is 0 Å². The van der Waals surface area contributed by atoms with Crippen LogP contribution in [0, 0.1) is 0 Å². The molecule has 0 bridgehead atoms. The van der Waals surface area contributed by atoms with Gasteiger partial charge in [-0.25, -0.2) is 0 Å². The molecule has 75 valence electrons. The summed E-state index contributed by atoms with van der Waals surface area (Å²) in [4.78, 5) is 0. The van der Waals surface area contributed by atoms with Crippen LogP contribution in [0.4, 0.5) is 0 Å². The molecule has 0 atom stereocenters. The number of hydrogen-bond acceptors (Lipinski definition) is 1. The van der Waals surface area contributed by atoms with Crippen molar-refractivity contribution in [2.75, 3.05) is 0 Å². The third-order valence-corrected chi connectivity index (χ3v) is 1.95. The van der Waals surface area contributed by atoms with Crippen molar-refractivity contribution in [1.82, 2.24) is 0 Å². The number of aromatic hydroxyl groups is 1.